The molecule has 0 bridgehead atoms. The Bertz CT molecular complexity index is 395. The van der Waals surface area contributed by atoms with Crippen LogP contribution < -0.4 is 15.8 Å². The van der Waals surface area contributed by atoms with Gasteiger partial charge in [-0.25, -0.2) is 0 Å². The maximum absolute atomic E-state index is 5.86. The summed E-state index contributed by atoms with van der Waals surface area (Å²) in [6, 6.07) is 6.31. The van der Waals surface area contributed by atoms with Gasteiger partial charge in [0.15, 0.2) is 0 Å². The van der Waals surface area contributed by atoms with Crippen molar-refractivity contribution in [2.24, 2.45) is 5.92 Å². The Hall–Kier alpha value is -1.42. The van der Waals surface area contributed by atoms with E-state index in [9.17, 15) is 0 Å². The van der Waals surface area contributed by atoms with Crippen LogP contribution in [0.5, 0.6) is 5.75 Å². The maximum atomic E-state index is 5.86. The van der Waals surface area contributed by atoms with Crippen LogP contribution in [0.2, 0.25) is 0 Å². The largest absolute Gasteiger partial charge is 0.492 e. The summed E-state index contributed by atoms with van der Waals surface area (Å²) in [6.45, 7) is 6.44. The number of nitrogens with two attached hydrogens (primary N) is 1. The number of hydrogen-bond acceptors (Lipinski definition) is 4. The lowest BCUT2D eigenvalue weighted by Crippen LogP contribution is -2.35. The number of ether oxygens (including phenoxy) is 2. The molecule has 0 amide bonds. The Balaban J connectivity index is 2.06. The van der Waals surface area contributed by atoms with Crippen LogP contribution in [0.3, 0.4) is 0 Å². The van der Waals surface area contributed by atoms with E-state index in [-0.39, 0.29) is 0 Å². The summed E-state index contributed by atoms with van der Waals surface area (Å²) >= 11 is 0. The minimum Gasteiger partial charge on any atom is -0.492 e. The van der Waals surface area contributed by atoms with Crippen LogP contribution in [0.25, 0.3) is 0 Å². The third-order valence-corrected chi connectivity index (χ3v) is 3.31. The topological polar surface area (TPSA) is 56.5 Å². The molecule has 1 aliphatic heterocycles. The van der Waals surface area contributed by atoms with Crippen molar-refractivity contribution >= 4 is 11.4 Å². The van der Waals surface area contributed by atoms with Crippen LogP contribution in [0.4, 0.5) is 11.4 Å². The lowest BCUT2D eigenvalue weighted by Gasteiger charge is -2.30. The van der Waals surface area contributed by atoms with Crippen LogP contribution in [-0.4, -0.2) is 25.9 Å². The molecule has 2 rings (SSSR count). The fourth-order valence-corrected chi connectivity index (χ4v) is 2.21. The predicted molar refractivity (Wildman–Crippen MR) is 74.0 cm³/mol. The molecule has 0 spiro atoms. The molecule has 1 aromatic carbocycles. The molecule has 0 radical (unpaired) electrons. The summed E-state index contributed by atoms with van der Waals surface area (Å²) < 4.78 is 11.0. The van der Waals surface area contributed by atoms with Crippen molar-refractivity contribution in [2.75, 3.05) is 30.9 Å². The minimum absolute atomic E-state index is 0.455. The van der Waals surface area contributed by atoms with Gasteiger partial charge in [-0.15, -0.1) is 0 Å². The van der Waals surface area contributed by atoms with Crippen molar-refractivity contribution in [1.82, 2.24) is 0 Å². The number of benzene rings is 1. The molecule has 1 saturated heterocycles. The van der Waals surface area contributed by atoms with E-state index in [2.05, 4.69) is 12.2 Å². The zero-order valence-electron chi connectivity index (χ0n) is 11.1. The fraction of sp³-hybridized carbons (Fsp3) is 0.571. The smallest absolute Gasteiger partial charge is 0.144 e. The normalized spacial score (nSPS) is 23.7. The van der Waals surface area contributed by atoms with E-state index in [0.29, 0.717) is 24.3 Å². The number of hydrogen-bond donors (Lipinski definition) is 2. The first-order chi connectivity index (χ1) is 8.70. The zero-order chi connectivity index (χ0) is 13.0. The summed E-state index contributed by atoms with van der Waals surface area (Å²) in [5.74, 6) is 1.27. The van der Waals surface area contributed by atoms with Crippen LogP contribution in [0.1, 0.15) is 20.3 Å². The molecular weight excluding hydrogens is 228 g/mol. The lowest BCUT2D eigenvalue weighted by atomic mass is 9.97. The van der Waals surface area contributed by atoms with E-state index in [1.165, 1.54) is 0 Å². The first-order valence-electron chi connectivity index (χ1n) is 6.57. The Labute approximate surface area is 108 Å². The molecule has 1 aromatic rings. The number of rotatable bonds is 4. The van der Waals surface area contributed by atoms with Gasteiger partial charge in [-0.1, -0.05) is 6.92 Å². The molecule has 0 aromatic heterocycles. The average molecular weight is 250 g/mol. The highest BCUT2D eigenvalue weighted by Crippen LogP contribution is 2.27. The second kappa shape index (κ2) is 5.96. The highest BCUT2D eigenvalue weighted by molar-refractivity contribution is 5.61. The Morgan fingerprint density at radius 2 is 2.33 bits per heavy atom. The molecule has 18 heavy (non-hydrogen) atoms. The van der Waals surface area contributed by atoms with Crippen LogP contribution in [0.15, 0.2) is 18.2 Å². The maximum Gasteiger partial charge on any atom is 0.144 e. The van der Waals surface area contributed by atoms with Crippen molar-refractivity contribution < 1.29 is 9.47 Å². The zero-order valence-corrected chi connectivity index (χ0v) is 11.1. The summed E-state index contributed by atoms with van der Waals surface area (Å²) in [5, 5.41) is 3.54. The van der Waals surface area contributed by atoms with Gasteiger partial charge in [0.1, 0.15) is 5.75 Å². The molecule has 0 aliphatic carbocycles. The van der Waals surface area contributed by atoms with Gasteiger partial charge in [-0.05, 0) is 31.4 Å². The molecule has 0 saturated carbocycles. The van der Waals surface area contributed by atoms with Crippen molar-refractivity contribution in [3.8, 4) is 5.75 Å². The van der Waals surface area contributed by atoms with Gasteiger partial charge in [0.2, 0.25) is 0 Å². The van der Waals surface area contributed by atoms with E-state index in [0.717, 1.165) is 31.1 Å². The van der Waals surface area contributed by atoms with E-state index in [1.807, 2.05) is 25.1 Å². The summed E-state index contributed by atoms with van der Waals surface area (Å²) in [6.07, 6.45) is 1.04. The van der Waals surface area contributed by atoms with Gasteiger partial charge < -0.3 is 20.5 Å². The molecule has 4 heteroatoms. The Morgan fingerprint density at radius 3 is 3.06 bits per heavy atom. The first kappa shape index (κ1) is 13.0. The molecule has 2 atom stereocenters. The second-order valence-electron chi connectivity index (χ2n) is 4.78. The van der Waals surface area contributed by atoms with Crippen molar-refractivity contribution in [3.63, 3.8) is 0 Å². The van der Waals surface area contributed by atoms with E-state index in [1.54, 1.807) is 0 Å². The summed E-state index contributed by atoms with van der Waals surface area (Å²) in [7, 11) is 0. The van der Waals surface area contributed by atoms with Crippen LogP contribution in [-0.2, 0) is 4.74 Å². The van der Waals surface area contributed by atoms with Crippen molar-refractivity contribution in [1.29, 1.82) is 0 Å². The van der Waals surface area contributed by atoms with Crippen molar-refractivity contribution in [3.05, 3.63) is 18.2 Å². The average Bonchev–Trinajstić information content (AvgIpc) is 2.36. The number of nitrogens with one attached hydrogen (secondary N) is 1. The molecule has 1 heterocycles. The third-order valence-electron chi connectivity index (χ3n) is 3.31. The van der Waals surface area contributed by atoms with Gasteiger partial charge in [0.05, 0.1) is 18.9 Å². The Morgan fingerprint density at radius 1 is 1.50 bits per heavy atom. The standard InChI is InChI=1S/C14H22N2O2/c1-3-18-14-8-11(4-5-12(14)15)16-13-6-7-17-9-10(13)2/h4-5,8,10,13,16H,3,6-7,9,15H2,1-2H3. The lowest BCUT2D eigenvalue weighted by molar-refractivity contribution is 0.0537. The Kier molecular flexibility index (Phi) is 4.31. The molecular formula is C14H22N2O2. The van der Waals surface area contributed by atoms with E-state index >= 15 is 0 Å². The minimum atomic E-state index is 0.455. The molecule has 100 valence electrons. The van der Waals surface area contributed by atoms with Gasteiger partial charge in [-0.3, -0.25) is 0 Å². The third kappa shape index (κ3) is 3.07. The molecule has 3 N–H and O–H groups in total. The summed E-state index contributed by atoms with van der Waals surface area (Å²) in [5.41, 5.74) is 7.61. The highest BCUT2D eigenvalue weighted by atomic mass is 16.5. The SMILES string of the molecule is CCOc1cc(NC2CCOCC2C)ccc1N. The molecule has 4 nitrogen and oxygen atoms in total. The number of nitrogen functional groups attached to an aromatic ring is 1. The first-order valence-corrected chi connectivity index (χ1v) is 6.57. The highest BCUT2D eigenvalue weighted by Gasteiger charge is 2.21. The van der Waals surface area contributed by atoms with Crippen molar-refractivity contribution in [2.45, 2.75) is 26.3 Å². The monoisotopic (exact) mass is 250 g/mol. The molecule has 1 fully saturated rings. The second-order valence-corrected chi connectivity index (χ2v) is 4.78. The van der Waals surface area contributed by atoms with Gasteiger partial charge in [-0.2, -0.15) is 0 Å². The molecule has 2 unspecified atom stereocenters. The number of anilines is 2. The summed E-state index contributed by atoms with van der Waals surface area (Å²) in [4.78, 5) is 0. The van der Waals surface area contributed by atoms with Gasteiger partial charge >= 0.3 is 0 Å². The quantitative estimate of drug-likeness (QED) is 0.806. The molecule has 1 aliphatic rings. The van der Waals surface area contributed by atoms with Crippen LogP contribution >= 0.6 is 0 Å². The van der Waals surface area contributed by atoms with E-state index in [4.69, 9.17) is 15.2 Å². The van der Waals surface area contributed by atoms with E-state index < -0.39 is 0 Å². The predicted octanol–water partition coefficient (Wildman–Crippen LogP) is 2.50. The van der Waals surface area contributed by atoms with Gasteiger partial charge in [0, 0.05) is 24.4 Å². The van der Waals surface area contributed by atoms with Crippen LogP contribution in [0, 0.1) is 5.92 Å². The fourth-order valence-electron chi connectivity index (χ4n) is 2.21. The van der Waals surface area contributed by atoms with Gasteiger partial charge in [0.25, 0.3) is 0 Å².